The third kappa shape index (κ3) is 4.43. The van der Waals surface area contributed by atoms with Crippen LogP contribution in [0.25, 0.3) is 0 Å². The SMILES string of the molecule is O=C(C#CC(=O)N1Cc2ccccc2Oc2ccc(Cl)cc21)NCc1ccncc1. The zero-order chi connectivity index (χ0) is 20.9. The van der Waals surface area contributed by atoms with Gasteiger partial charge in [0.2, 0.25) is 0 Å². The molecule has 0 atom stereocenters. The molecule has 0 fully saturated rings. The van der Waals surface area contributed by atoms with E-state index in [1.165, 1.54) is 4.90 Å². The lowest BCUT2D eigenvalue weighted by Crippen LogP contribution is -2.29. The van der Waals surface area contributed by atoms with Crippen LogP contribution in [-0.2, 0) is 22.7 Å². The first-order valence-electron chi connectivity index (χ1n) is 9.16. The van der Waals surface area contributed by atoms with E-state index in [0.717, 1.165) is 11.1 Å². The smallest absolute Gasteiger partial charge is 0.303 e. The number of benzene rings is 2. The lowest BCUT2D eigenvalue weighted by molar-refractivity contribution is -0.116. The van der Waals surface area contributed by atoms with Gasteiger partial charge in [0, 0.05) is 41.4 Å². The summed E-state index contributed by atoms with van der Waals surface area (Å²) in [4.78, 5) is 30.3. The number of carbonyl (C=O) groups is 2. The molecule has 1 aliphatic rings. The van der Waals surface area contributed by atoms with Crippen molar-refractivity contribution in [2.75, 3.05) is 4.90 Å². The first-order valence-corrected chi connectivity index (χ1v) is 9.53. The zero-order valence-electron chi connectivity index (χ0n) is 15.8. The van der Waals surface area contributed by atoms with Crippen LogP contribution in [0.4, 0.5) is 5.69 Å². The highest BCUT2D eigenvalue weighted by Crippen LogP contribution is 2.40. The van der Waals surface area contributed by atoms with Gasteiger partial charge in [0.1, 0.15) is 5.75 Å². The summed E-state index contributed by atoms with van der Waals surface area (Å²) in [6.45, 7) is 0.545. The molecule has 4 rings (SSSR count). The number of ether oxygens (including phenoxy) is 1. The molecule has 2 heterocycles. The summed E-state index contributed by atoms with van der Waals surface area (Å²) in [6, 6.07) is 16.0. The van der Waals surface area contributed by atoms with Crippen molar-refractivity contribution in [1.82, 2.24) is 10.3 Å². The maximum Gasteiger partial charge on any atom is 0.303 e. The zero-order valence-corrected chi connectivity index (χ0v) is 16.5. The van der Waals surface area contributed by atoms with Crippen molar-refractivity contribution in [2.24, 2.45) is 0 Å². The number of hydrogen-bond donors (Lipinski definition) is 1. The number of para-hydroxylation sites is 1. The number of anilines is 1. The van der Waals surface area contributed by atoms with Gasteiger partial charge in [-0.25, -0.2) is 0 Å². The highest BCUT2D eigenvalue weighted by atomic mass is 35.5. The predicted octanol–water partition coefficient (Wildman–Crippen LogP) is 3.69. The highest BCUT2D eigenvalue weighted by Gasteiger charge is 2.24. The van der Waals surface area contributed by atoms with Crippen LogP contribution in [0.3, 0.4) is 0 Å². The molecule has 0 bridgehead atoms. The van der Waals surface area contributed by atoms with E-state index in [9.17, 15) is 9.59 Å². The number of rotatable bonds is 2. The molecule has 2 amide bonds. The van der Waals surface area contributed by atoms with Crippen molar-refractivity contribution < 1.29 is 14.3 Å². The summed E-state index contributed by atoms with van der Waals surface area (Å²) >= 11 is 6.14. The van der Waals surface area contributed by atoms with Gasteiger partial charge < -0.3 is 10.1 Å². The molecule has 148 valence electrons. The molecule has 0 saturated carbocycles. The van der Waals surface area contributed by atoms with Crippen molar-refractivity contribution >= 4 is 29.1 Å². The normalized spacial score (nSPS) is 11.7. The van der Waals surface area contributed by atoms with Crippen LogP contribution < -0.4 is 15.0 Å². The van der Waals surface area contributed by atoms with Crippen LogP contribution in [0, 0.1) is 11.8 Å². The van der Waals surface area contributed by atoms with E-state index in [-0.39, 0.29) is 6.54 Å². The summed E-state index contributed by atoms with van der Waals surface area (Å²) in [5, 5.41) is 3.12. The van der Waals surface area contributed by atoms with Crippen molar-refractivity contribution in [2.45, 2.75) is 13.1 Å². The van der Waals surface area contributed by atoms with Crippen LogP contribution in [0.5, 0.6) is 11.5 Å². The van der Waals surface area contributed by atoms with Crippen molar-refractivity contribution in [3.05, 3.63) is 83.1 Å². The second kappa shape index (κ2) is 8.68. The molecule has 0 spiro atoms. The molecular weight excluding hydrogens is 402 g/mol. The van der Waals surface area contributed by atoms with E-state index >= 15 is 0 Å². The molecule has 0 saturated heterocycles. The maximum absolute atomic E-state index is 12.9. The van der Waals surface area contributed by atoms with Crippen LogP contribution in [0.1, 0.15) is 11.1 Å². The number of halogens is 1. The molecule has 6 nitrogen and oxygen atoms in total. The Morgan fingerprint density at radius 1 is 1.07 bits per heavy atom. The second-order valence-corrected chi connectivity index (χ2v) is 6.94. The van der Waals surface area contributed by atoms with Crippen LogP contribution in [-0.4, -0.2) is 16.8 Å². The predicted molar refractivity (Wildman–Crippen MR) is 113 cm³/mol. The largest absolute Gasteiger partial charge is 0.455 e. The van der Waals surface area contributed by atoms with E-state index in [1.54, 1.807) is 42.7 Å². The van der Waals surface area contributed by atoms with E-state index < -0.39 is 11.8 Å². The van der Waals surface area contributed by atoms with E-state index in [1.807, 2.05) is 24.3 Å². The molecule has 1 N–H and O–H groups in total. The fourth-order valence-electron chi connectivity index (χ4n) is 2.98. The molecule has 1 aromatic heterocycles. The Morgan fingerprint density at radius 3 is 2.70 bits per heavy atom. The number of fused-ring (bicyclic) bond motifs is 2. The summed E-state index contributed by atoms with van der Waals surface area (Å²) in [5.74, 6) is 4.85. The Bertz CT molecular complexity index is 1170. The Hall–Kier alpha value is -3.82. The van der Waals surface area contributed by atoms with E-state index in [0.29, 0.717) is 28.8 Å². The number of amides is 2. The fourth-order valence-corrected chi connectivity index (χ4v) is 3.15. The lowest BCUT2D eigenvalue weighted by Gasteiger charge is -2.19. The van der Waals surface area contributed by atoms with Crippen molar-refractivity contribution in [3.8, 4) is 23.3 Å². The maximum atomic E-state index is 12.9. The van der Waals surface area contributed by atoms with E-state index in [4.69, 9.17) is 16.3 Å². The standard InChI is InChI=1S/C23H16ClN3O3/c24-18-5-6-21-19(13-18)27(15-17-3-1-2-4-20(17)30-21)23(29)8-7-22(28)26-14-16-9-11-25-12-10-16/h1-6,9-13H,14-15H2,(H,26,28). The Labute approximate surface area is 178 Å². The molecule has 0 unspecified atom stereocenters. The minimum atomic E-state index is -0.544. The summed E-state index contributed by atoms with van der Waals surface area (Å²) in [5.41, 5.74) is 2.20. The number of carbonyl (C=O) groups excluding carboxylic acids is 2. The number of nitrogens with zero attached hydrogens (tertiary/aromatic N) is 2. The van der Waals surface area contributed by atoms with Gasteiger partial charge in [0.25, 0.3) is 5.91 Å². The van der Waals surface area contributed by atoms with Crippen molar-refractivity contribution in [1.29, 1.82) is 0 Å². The van der Waals surface area contributed by atoms with Gasteiger partial charge in [-0.3, -0.25) is 19.5 Å². The number of nitrogens with one attached hydrogen (secondary N) is 1. The molecule has 0 aliphatic carbocycles. The van der Waals surface area contributed by atoms with Crippen LogP contribution >= 0.6 is 11.6 Å². The molecule has 2 aromatic carbocycles. The van der Waals surface area contributed by atoms with Crippen LogP contribution in [0.2, 0.25) is 5.02 Å². The van der Waals surface area contributed by atoms with Crippen molar-refractivity contribution in [3.63, 3.8) is 0 Å². The van der Waals surface area contributed by atoms with Gasteiger partial charge >= 0.3 is 5.91 Å². The quantitative estimate of drug-likeness (QED) is 0.645. The molecule has 1 aliphatic heterocycles. The molecular formula is C23H16ClN3O3. The third-order valence-electron chi connectivity index (χ3n) is 4.46. The molecule has 0 radical (unpaired) electrons. The van der Waals surface area contributed by atoms with Gasteiger partial charge in [-0.2, -0.15) is 0 Å². The van der Waals surface area contributed by atoms with Gasteiger partial charge in [-0.1, -0.05) is 29.8 Å². The van der Waals surface area contributed by atoms with Gasteiger partial charge in [-0.15, -0.1) is 0 Å². The molecule has 7 heteroatoms. The number of hydrogen-bond acceptors (Lipinski definition) is 4. The first kappa shape index (κ1) is 19.5. The second-order valence-electron chi connectivity index (χ2n) is 6.50. The third-order valence-corrected chi connectivity index (χ3v) is 4.70. The Morgan fingerprint density at radius 2 is 1.87 bits per heavy atom. The summed E-state index contributed by atoms with van der Waals surface area (Å²) < 4.78 is 5.97. The minimum absolute atomic E-state index is 0.246. The fraction of sp³-hybridized carbons (Fsp3) is 0.0870. The lowest BCUT2D eigenvalue weighted by atomic mass is 10.2. The van der Waals surface area contributed by atoms with Gasteiger partial charge in [0.15, 0.2) is 5.75 Å². The van der Waals surface area contributed by atoms with Crippen LogP contribution in [0.15, 0.2) is 67.0 Å². The highest BCUT2D eigenvalue weighted by molar-refractivity contribution is 6.31. The Balaban J connectivity index is 1.55. The monoisotopic (exact) mass is 417 g/mol. The van der Waals surface area contributed by atoms with Gasteiger partial charge in [0.05, 0.1) is 12.2 Å². The van der Waals surface area contributed by atoms with Gasteiger partial charge in [-0.05, 0) is 42.0 Å². The first-order chi connectivity index (χ1) is 14.6. The average Bonchev–Trinajstić information content (AvgIpc) is 2.93. The summed E-state index contributed by atoms with van der Waals surface area (Å²) in [7, 11) is 0. The van der Waals surface area contributed by atoms with E-state index in [2.05, 4.69) is 22.1 Å². The molecule has 3 aromatic rings. The minimum Gasteiger partial charge on any atom is -0.455 e. The summed E-state index contributed by atoms with van der Waals surface area (Å²) in [6.07, 6.45) is 3.27. The number of pyridine rings is 1. The number of aromatic nitrogens is 1. The average molecular weight is 418 g/mol. The molecule has 30 heavy (non-hydrogen) atoms. The topological polar surface area (TPSA) is 71.5 Å². The Kier molecular flexibility index (Phi) is 5.64.